The number of ether oxygens (including phenoxy) is 2. The number of carbonyl (C=O) groups excluding carboxylic acids is 2. The molecule has 194 valence electrons. The van der Waals surface area contributed by atoms with E-state index in [0.717, 1.165) is 44.9 Å². The molecule has 0 N–H and O–H groups in total. The molecular weight excluding hydrogens is 436 g/mol. The van der Waals surface area contributed by atoms with Crippen LogP contribution in [0.4, 0.5) is 0 Å². The summed E-state index contributed by atoms with van der Waals surface area (Å²) in [5.41, 5.74) is 0.741. The van der Waals surface area contributed by atoms with Gasteiger partial charge in [-0.2, -0.15) is 0 Å². The molecule has 0 spiro atoms. The van der Waals surface area contributed by atoms with E-state index in [2.05, 4.69) is 53.7 Å². The van der Waals surface area contributed by atoms with Crippen molar-refractivity contribution in [2.75, 3.05) is 14.2 Å². The molecule has 0 aromatic heterocycles. The summed E-state index contributed by atoms with van der Waals surface area (Å²) in [5, 5.41) is 0. The van der Waals surface area contributed by atoms with Crippen molar-refractivity contribution in [3.8, 4) is 0 Å². The van der Waals surface area contributed by atoms with Gasteiger partial charge >= 0.3 is 5.97 Å². The van der Waals surface area contributed by atoms with Crippen LogP contribution in [0.2, 0.25) is 0 Å². The molecular formula is C31H46O4. The maximum atomic E-state index is 14.2. The molecule has 4 nitrogen and oxygen atoms in total. The average Bonchev–Trinajstić information content (AvgIpc) is 2.78. The maximum absolute atomic E-state index is 14.2. The molecule has 0 unspecified atom stereocenters. The molecule has 0 heterocycles. The number of fused-ring (bicyclic) bond motifs is 7. The summed E-state index contributed by atoms with van der Waals surface area (Å²) in [6.45, 7) is 14.0. The van der Waals surface area contributed by atoms with Gasteiger partial charge in [0, 0.05) is 18.4 Å². The van der Waals surface area contributed by atoms with Crippen LogP contribution in [0.25, 0.3) is 0 Å². The zero-order valence-corrected chi connectivity index (χ0v) is 23.2. The first-order valence-electron chi connectivity index (χ1n) is 13.8. The van der Waals surface area contributed by atoms with Crippen LogP contribution in [0.3, 0.4) is 0 Å². The van der Waals surface area contributed by atoms with E-state index in [4.69, 9.17) is 9.47 Å². The third-order valence-corrected chi connectivity index (χ3v) is 11.9. The van der Waals surface area contributed by atoms with E-state index in [1.807, 2.05) is 6.08 Å². The normalized spacial score (nSPS) is 47.5. The zero-order chi connectivity index (χ0) is 25.6. The van der Waals surface area contributed by atoms with Crippen molar-refractivity contribution in [1.29, 1.82) is 0 Å². The summed E-state index contributed by atoms with van der Waals surface area (Å²) in [7, 11) is 3.33. The van der Waals surface area contributed by atoms with Gasteiger partial charge in [-0.15, -0.1) is 0 Å². The van der Waals surface area contributed by atoms with E-state index in [9.17, 15) is 9.59 Å². The van der Waals surface area contributed by atoms with Crippen LogP contribution in [-0.2, 0) is 19.1 Å². The third kappa shape index (κ3) is 3.27. The fourth-order valence-corrected chi connectivity index (χ4v) is 9.99. The minimum atomic E-state index is -0.505. The Hall–Kier alpha value is -1.42. The van der Waals surface area contributed by atoms with Gasteiger partial charge in [-0.25, -0.2) is 0 Å². The standard InChI is InChI=1S/C31H46O4/c1-27(2)13-15-31(26(33)35-8)16-14-30(6)19-9-10-23-28(3,4)24(34-7)11-12-29(23,5)20(19)17-22(32)25(30)21(31)18-27/h11-12,17,19,21,23-25H,9-10,13-16,18H2,1-8H3/t19-,21+,23+,24+,25+,29-,30+,31+/m1/s1. The van der Waals surface area contributed by atoms with Crippen LogP contribution in [-0.4, -0.2) is 32.1 Å². The minimum absolute atomic E-state index is 0.00482. The first-order chi connectivity index (χ1) is 16.3. The fourth-order valence-electron chi connectivity index (χ4n) is 9.99. The van der Waals surface area contributed by atoms with Crippen molar-refractivity contribution in [3.05, 3.63) is 23.8 Å². The second-order valence-corrected chi connectivity index (χ2v) is 14.4. The highest BCUT2D eigenvalue weighted by molar-refractivity contribution is 5.96. The highest BCUT2D eigenvalue weighted by Gasteiger charge is 2.67. The zero-order valence-electron chi connectivity index (χ0n) is 23.2. The molecule has 0 saturated heterocycles. The molecule has 0 aromatic carbocycles. The van der Waals surface area contributed by atoms with Crippen LogP contribution in [0.1, 0.15) is 86.5 Å². The van der Waals surface area contributed by atoms with E-state index in [0.29, 0.717) is 11.8 Å². The lowest BCUT2D eigenvalue weighted by molar-refractivity contribution is -0.183. The molecule has 0 aromatic rings. The average molecular weight is 483 g/mol. The number of rotatable bonds is 2. The molecule has 0 bridgehead atoms. The largest absolute Gasteiger partial charge is 0.469 e. The van der Waals surface area contributed by atoms with E-state index in [1.165, 1.54) is 12.7 Å². The number of allylic oxidation sites excluding steroid dienone is 3. The summed E-state index contributed by atoms with van der Waals surface area (Å²) in [6, 6.07) is 0. The minimum Gasteiger partial charge on any atom is -0.469 e. The van der Waals surface area contributed by atoms with Gasteiger partial charge in [0.2, 0.25) is 0 Å². The van der Waals surface area contributed by atoms with Gasteiger partial charge in [-0.3, -0.25) is 9.59 Å². The lowest BCUT2D eigenvalue weighted by atomic mass is 9.38. The van der Waals surface area contributed by atoms with Crippen LogP contribution in [0, 0.1) is 50.7 Å². The Bertz CT molecular complexity index is 988. The monoisotopic (exact) mass is 482 g/mol. The van der Waals surface area contributed by atoms with Crippen molar-refractivity contribution in [2.45, 2.75) is 92.6 Å². The third-order valence-electron chi connectivity index (χ3n) is 11.9. The second kappa shape index (κ2) is 7.79. The maximum Gasteiger partial charge on any atom is 0.312 e. The Balaban J connectivity index is 1.61. The quantitative estimate of drug-likeness (QED) is 0.331. The Labute approximate surface area is 212 Å². The molecule has 0 aliphatic heterocycles. The highest BCUT2D eigenvalue weighted by Crippen LogP contribution is 2.70. The molecule has 3 saturated carbocycles. The Morgan fingerprint density at radius 3 is 2.31 bits per heavy atom. The van der Waals surface area contributed by atoms with Crippen molar-refractivity contribution >= 4 is 11.8 Å². The predicted molar refractivity (Wildman–Crippen MR) is 138 cm³/mol. The molecule has 5 aliphatic rings. The second-order valence-electron chi connectivity index (χ2n) is 14.4. The van der Waals surface area contributed by atoms with E-state index in [-0.39, 0.29) is 51.4 Å². The predicted octanol–water partition coefficient (Wildman–Crippen LogP) is 6.54. The van der Waals surface area contributed by atoms with Gasteiger partial charge in [0.1, 0.15) is 0 Å². The smallest absolute Gasteiger partial charge is 0.312 e. The summed E-state index contributed by atoms with van der Waals surface area (Å²) in [5.74, 6) is 0.955. The SMILES string of the molecule is COC(=O)[C@]12CCC(C)(C)C[C@H]1[C@H]1C(=O)C=C3[C@@H](CC[C@H]4C(C)(C)[C@@H](OC)C=C[C@]34C)[C@]1(C)CC2. The summed E-state index contributed by atoms with van der Waals surface area (Å²) in [6.07, 6.45) is 13.5. The van der Waals surface area contributed by atoms with Gasteiger partial charge in [0.25, 0.3) is 0 Å². The number of esters is 1. The Morgan fingerprint density at radius 2 is 1.66 bits per heavy atom. The van der Waals surface area contributed by atoms with E-state index >= 15 is 0 Å². The Morgan fingerprint density at radius 1 is 0.971 bits per heavy atom. The molecule has 0 amide bonds. The van der Waals surface area contributed by atoms with Gasteiger partial charge in [-0.1, -0.05) is 59.3 Å². The number of carbonyl (C=O) groups is 2. The van der Waals surface area contributed by atoms with Crippen molar-refractivity contribution < 1.29 is 19.1 Å². The first kappa shape index (κ1) is 25.2. The lowest BCUT2D eigenvalue weighted by Gasteiger charge is -2.65. The lowest BCUT2D eigenvalue weighted by Crippen LogP contribution is -2.62. The molecule has 5 rings (SSSR count). The van der Waals surface area contributed by atoms with Crippen molar-refractivity contribution in [1.82, 2.24) is 0 Å². The molecule has 3 fully saturated rings. The van der Waals surface area contributed by atoms with Crippen LogP contribution >= 0.6 is 0 Å². The first-order valence-corrected chi connectivity index (χ1v) is 13.8. The summed E-state index contributed by atoms with van der Waals surface area (Å²) < 4.78 is 11.3. The Kier molecular flexibility index (Phi) is 5.62. The topological polar surface area (TPSA) is 52.6 Å². The van der Waals surface area contributed by atoms with Gasteiger partial charge in [-0.05, 0) is 85.0 Å². The fraction of sp³-hybridized carbons (Fsp3) is 0.806. The molecule has 8 atom stereocenters. The number of ketones is 1. The molecule has 4 heteroatoms. The van der Waals surface area contributed by atoms with Crippen molar-refractivity contribution in [3.63, 3.8) is 0 Å². The molecule has 5 aliphatic carbocycles. The van der Waals surface area contributed by atoms with Gasteiger partial charge in [0.15, 0.2) is 5.78 Å². The number of hydrogen-bond acceptors (Lipinski definition) is 4. The summed E-state index contributed by atoms with van der Waals surface area (Å²) >= 11 is 0. The van der Waals surface area contributed by atoms with E-state index < -0.39 is 5.41 Å². The van der Waals surface area contributed by atoms with Crippen LogP contribution in [0.5, 0.6) is 0 Å². The summed E-state index contributed by atoms with van der Waals surface area (Å²) in [4.78, 5) is 27.5. The molecule has 0 radical (unpaired) electrons. The molecule has 35 heavy (non-hydrogen) atoms. The van der Waals surface area contributed by atoms with Gasteiger partial charge < -0.3 is 9.47 Å². The number of methoxy groups -OCH3 is 2. The highest BCUT2D eigenvalue weighted by atomic mass is 16.5. The van der Waals surface area contributed by atoms with E-state index in [1.54, 1.807) is 7.11 Å². The van der Waals surface area contributed by atoms with Crippen LogP contribution in [0.15, 0.2) is 23.8 Å². The van der Waals surface area contributed by atoms with Crippen LogP contribution < -0.4 is 0 Å². The van der Waals surface area contributed by atoms with Gasteiger partial charge in [0.05, 0.1) is 18.6 Å². The van der Waals surface area contributed by atoms with Crippen molar-refractivity contribution in [2.24, 2.45) is 50.7 Å². The number of hydrogen-bond donors (Lipinski definition) is 0.